The minimum Gasteiger partial charge on any atom is -0.368 e. The zero-order valence-corrected chi connectivity index (χ0v) is 8.68. The lowest BCUT2D eigenvalue weighted by Gasteiger charge is -2.22. The largest absolute Gasteiger partial charge is 0.368 e. The normalized spacial score (nSPS) is 22.1. The summed E-state index contributed by atoms with van der Waals surface area (Å²) >= 11 is 1.62. The third kappa shape index (κ3) is 2.41. The predicted molar refractivity (Wildman–Crippen MR) is 55.6 cm³/mol. The molecule has 0 amide bonds. The summed E-state index contributed by atoms with van der Waals surface area (Å²) in [6.45, 7) is 2.14. The number of morpholine rings is 1. The van der Waals surface area contributed by atoms with Gasteiger partial charge in [0.25, 0.3) is 0 Å². The average molecular weight is 211 g/mol. The zero-order chi connectivity index (χ0) is 9.80. The Labute approximate surface area is 87.1 Å². The molecule has 76 valence electrons. The van der Waals surface area contributed by atoms with E-state index in [0.29, 0.717) is 19.6 Å². The molecule has 2 rings (SSSR count). The van der Waals surface area contributed by atoms with Gasteiger partial charge in [-0.15, -0.1) is 0 Å². The van der Waals surface area contributed by atoms with Gasteiger partial charge in [0, 0.05) is 19.5 Å². The summed E-state index contributed by atoms with van der Waals surface area (Å²) in [7, 11) is 0. The number of hydrogen-bond donors (Lipinski definition) is 1. The van der Waals surface area contributed by atoms with E-state index in [0.717, 1.165) is 12.1 Å². The molecular weight excluding hydrogens is 198 g/mol. The molecule has 2 heterocycles. The monoisotopic (exact) mass is 211 g/mol. The molecule has 1 aliphatic heterocycles. The van der Waals surface area contributed by atoms with Crippen LogP contribution in [0, 0.1) is 0 Å². The molecule has 3 nitrogen and oxygen atoms in total. The van der Waals surface area contributed by atoms with E-state index < -0.39 is 0 Å². The lowest BCUT2D eigenvalue weighted by molar-refractivity contribution is -0.131. The van der Waals surface area contributed by atoms with Gasteiger partial charge in [-0.05, 0) is 22.4 Å². The standard InChI is InChI=1S/C10H13NO2S/c12-9(5-8-1-4-14-7-8)10-6-11-2-3-13-10/h1,4,7,10-11H,2-3,5-6H2. The number of ketones is 1. The predicted octanol–water partition coefficient (Wildman–Crippen LogP) is 0.848. The van der Waals surface area contributed by atoms with E-state index in [9.17, 15) is 4.79 Å². The van der Waals surface area contributed by atoms with Gasteiger partial charge in [0.1, 0.15) is 6.10 Å². The van der Waals surface area contributed by atoms with Crippen molar-refractivity contribution in [3.63, 3.8) is 0 Å². The number of nitrogens with one attached hydrogen (secondary N) is 1. The summed E-state index contributed by atoms with van der Waals surface area (Å²) < 4.78 is 5.38. The zero-order valence-electron chi connectivity index (χ0n) is 7.86. The first-order valence-electron chi connectivity index (χ1n) is 4.72. The van der Waals surface area contributed by atoms with Crippen molar-refractivity contribution in [2.24, 2.45) is 0 Å². The molecule has 0 aliphatic carbocycles. The van der Waals surface area contributed by atoms with Crippen molar-refractivity contribution in [1.29, 1.82) is 0 Å². The van der Waals surface area contributed by atoms with Gasteiger partial charge in [-0.3, -0.25) is 4.79 Å². The van der Waals surface area contributed by atoms with Crippen molar-refractivity contribution >= 4 is 17.1 Å². The number of Topliss-reactive ketones (excluding diaryl/α,β-unsaturated/α-hetero) is 1. The number of ether oxygens (including phenoxy) is 1. The van der Waals surface area contributed by atoms with Crippen LogP contribution in [0.3, 0.4) is 0 Å². The van der Waals surface area contributed by atoms with Crippen LogP contribution in [0.2, 0.25) is 0 Å². The van der Waals surface area contributed by atoms with Gasteiger partial charge in [-0.1, -0.05) is 0 Å². The highest BCUT2D eigenvalue weighted by atomic mass is 32.1. The number of rotatable bonds is 3. The summed E-state index contributed by atoms with van der Waals surface area (Å²) in [4.78, 5) is 11.7. The maximum Gasteiger partial charge on any atom is 0.167 e. The van der Waals surface area contributed by atoms with Crippen LogP contribution in [0.25, 0.3) is 0 Å². The summed E-state index contributed by atoms with van der Waals surface area (Å²) in [6, 6.07) is 1.98. The molecule has 1 N–H and O–H groups in total. The van der Waals surface area contributed by atoms with Crippen LogP contribution in [-0.2, 0) is 16.0 Å². The fraction of sp³-hybridized carbons (Fsp3) is 0.500. The molecule has 14 heavy (non-hydrogen) atoms. The molecule has 0 saturated carbocycles. The molecule has 0 aromatic carbocycles. The van der Waals surface area contributed by atoms with Gasteiger partial charge >= 0.3 is 0 Å². The highest BCUT2D eigenvalue weighted by Gasteiger charge is 2.21. The lowest BCUT2D eigenvalue weighted by Crippen LogP contribution is -2.43. The molecule has 4 heteroatoms. The Hall–Kier alpha value is -0.710. The Kier molecular flexibility index (Phi) is 3.29. The van der Waals surface area contributed by atoms with Gasteiger partial charge in [-0.25, -0.2) is 0 Å². The molecule has 1 aliphatic rings. The molecule has 0 radical (unpaired) electrons. The maximum atomic E-state index is 11.7. The third-order valence-electron chi connectivity index (χ3n) is 2.25. The van der Waals surface area contributed by atoms with Crippen molar-refractivity contribution < 1.29 is 9.53 Å². The van der Waals surface area contributed by atoms with Crippen LogP contribution < -0.4 is 5.32 Å². The van der Waals surface area contributed by atoms with Crippen molar-refractivity contribution in [2.75, 3.05) is 19.7 Å². The van der Waals surface area contributed by atoms with E-state index in [1.807, 2.05) is 16.8 Å². The third-order valence-corrected chi connectivity index (χ3v) is 2.98. The second-order valence-corrected chi connectivity index (χ2v) is 4.12. The second-order valence-electron chi connectivity index (χ2n) is 3.34. The van der Waals surface area contributed by atoms with Gasteiger partial charge in [0.05, 0.1) is 6.61 Å². The number of carbonyl (C=O) groups is 1. The Morgan fingerprint density at radius 1 is 1.71 bits per heavy atom. The minimum absolute atomic E-state index is 0.176. The molecule has 1 unspecified atom stereocenters. The van der Waals surface area contributed by atoms with Crippen molar-refractivity contribution in [3.05, 3.63) is 22.4 Å². The maximum absolute atomic E-state index is 11.7. The first kappa shape index (κ1) is 9.83. The molecule has 1 fully saturated rings. The van der Waals surface area contributed by atoms with Crippen LogP contribution in [0.15, 0.2) is 16.8 Å². The van der Waals surface area contributed by atoms with Gasteiger partial charge in [0.15, 0.2) is 5.78 Å². The Morgan fingerprint density at radius 3 is 3.29 bits per heavy atom. The van der Waals surface area contributed by atoms with Crippen molar-refractivity contribution in [3.8, 4) is 0 Å². The molecular formula is C10H13NO2S. The van der Waals surface area contributed by atoms with Crippen LogP contribution in [-0.4, -0.2) is 31.6 Å². The fourth-order valence-corrected chi connectivity index (χ4v) is 2.15. The molecule has 1 aromatic rings. The van der Waals surface area contributed by atoms with E-state index in [4.69, 9.17) is 4.74 Å². The van der Waals surface area contributed by atoms with Crippen molar-refractivity contribution in [1.82, 2.24) is 5.32 Å². The quantitative estimate of drug-likeness (QED) is 0.805. The first-order valence-corrected chi connectivity index (χ1v) is 5.66. The van der Waals surface area contributed by atoms with E-state index in [1.54, 1.807) is 11.3 Å². The minimum atomic E-state index is -0.247. The SMILES string of the molecule is O=C(Cc1ccsc1)C1CNCCO1. The number of thiophene rings is 1. The summed E-state index contributed by atoms with van der Waals surface area (Å²) in [5, 5.41) is 7.15. The van der Waals surface area contributed by atoms with Crippen LogP contribution in [0.5, 0.6) is 0 Å². The number of hydrogen-bond acceptors (Lipinski definition) is 4. The summed E-state index contributed by atoms with van der Waals surface area (Å²) in [5.74, 6) is 0.176. The van der Waals surface area contributed by atoms with E-state index >= 15 is 0 Å². The van der Waals surface area contributed by atoms with E-state index in [1.165, 1.54) is 0 Å². The van der Waals surface area contributed by atoms with Gasteiger partial charge in [-0.2, -0.15) is 11.3 Å². The molecule has 0 spiro atoms. The smallest absolute Gasteiger partial charge is 0.167 e. The van der Waals surface area contributed by atoms with Crippen molar-refractivity contribution in [2.45, 2.75) is 12.5 Å². The first-order chi connectivity index (χ1) is 6.86. The van der Waals surface area contributed by atoms with Crippen LogP contribution in [0.4, 0.5) is 0 Å². The van der Waals surface area contributed by atoms with Crippen LogP contribution in [0.1, 0.15) is 5.56 Å². The second kappa shape index (κ2) is 4.68. The highest BCUT2D eigenvalue weighted by Crippen LogP contribution is 2.09. The highest BCUT2D eigenvalue weighted by molar-refractivity contribution is 7.07. The van der Waals surface area contributed by atoms with Crippen LogP contribution >= 0.6 is 11.3 Å². The molecule has 0 bridgehead atoms. The number of carbonyl (C=O) groups excluding carboxylic acids is 1. The van der Waals surface area contributed by atoms with Gasteiger partial charge in [0.2, 0.25) is 0 Å². The Morgan fingerprint density at radius 2 is 2.64 bits per heavy atom. The fourth-order valence-electron chi connectivity index (χ4n) is 1.48. The van der Waals surface area contributed by atoms with E-state index in [2.05, 4.69) is 5.32 Å². The molecule has 1 saturated heterocycles. The molecule has 1 aromatic heterocycles. The molecule has 1 atom stereocenters. The summed E-state index contributed by atoms with van der Waals surface area (Å²) in [6.07, 6.45) is 0.249. The van der Waals surface area contributed by atoms with E-state index in [-0.39, 0.29) is 11.9 Å². The Bertz CT molecular complexity index is 291. The average Bonchev–Trinajstić information content (AvgIpc) is 2.72. The lowest BCUT2D eigenvalue weighted by atomic mass is 10.1. The summed E-state index contributed by atoms with van der Waals surface area (Å²) in [5.41, 5.74) is 1.09. The topological polar surface area (TPSA) is 38.3 Å². The Balaban J connectivity index is 1.88. The van der Waals surface area contributed by atoms with Gasteiger partial charge < -0.3 is 10.1 Å².